The summed E-state index contributed by atoms with van der Waals surface area (Å²) in [5.41, 5.74) is 3.56. The Morgan fingerprint density at radius 1 is 1.21 bits per heavy atom. The summed E-state index contributed by atoms with van der Waals surface area (Å²) in [4.78, 5) is 0. The van der Waals surface area contributed by atoms with Crippen LogP contribution >= 0.6 is 0 Å². The van der Waals surface area contributed by atoms with E-state index in [0.29, 0.717) is 6.04 Å². The van der Waals surface area contributed by atoms with Gasteiger partial charge in [-0.25, -0.2) is 4.68 Å². The van der Waals surface area contributed by atoms with Crippen LogP contribution in [0.4, 0.5) is 0 Å². The SMILES string of the molecule is CCCn1nncc1-c1ccc(CNC(C)C)cc1. The number of rotatable bonds is 6. The first-order valence-corrected chi connectivity index (χ1v) is 6.92. The Morgan fingerprint density at radius 2 is 1.95 bits per heavy atom. The first-order valence-electron chi connectivity index (χ1n) is 6.92. The van der Waals surface area contributed by atoms with Gasteiger partial charge in [0.2, 0.25) is 0 Å². The Morgan fingerprint density at radius 3 is 2.58 bits per heavy atom. The largest absolute Gasteiger partial charge is 0.310 e. The standard InChI is InChI=1S/C15H22N4/c1-4-9-19-15(11-17-18-19)14-7-5-13(6-8-14)10-16-12(2)3/h5-8,11-12,16H,4,9-10H2,1-3H3. The number of hydrogen-bond donors (Lipinski definition) is 1. The van der Waals surface area contributed by atoms with Gasteiger partial charge in [0.15, 0.2) is 0 Å². The fourth-order valence-electron chi connectivity index (χ4n) is 1.97. The summed E-state index contributed by atoms with van der Waals surface area (Å²) in [5, 5.41) is 11.5. The molecule has 1 N–H and O–H groups in total. The molecule has 2 rings (SSSR count). The second-order valence-corrected chi connectivity index (χ2v) is 5.07. The van der Waals surface area contributed by atoms with Crippen molar-refractivity contribution in [2.75, 3.05) is 0 Å². The molecule has 0 aliphatic heterocycles. The number of aryl methyl sites for hydroxylation is 1. The molecular formula is C15H22N4. The lowest BCUT2D eigenvalue weighted by molar-refractivity contribution is 0.584. The van der Waals surface area contributed by atoms with Crippen molar-refractivity contribution >= 4 is 0 Å². The van der Waals surface area contributed by atoms with E-state index in [0.717, 1.165) is 25.2 Å². The fraction of sp³-hybridized carbons (Fsp3) is 0.467. The van der Waals surface area contributed by atoms with Crippen molar-refractivity contribution in [3.63, 3.8) is 0 Å². The summed E-state index contributed by atoms with van der Waals surface area (Å²) < 4.78 is 1.96. The highest BCUT2D eigenvalue weighted by Crippen LogP contribution is 2.18. The van der Waals surface area contributed by atoms with E-state index in [1.165, 1.54) is 11.1 Å². The molecule has 0 atom stereocenters. The number of benzene rings is 1. The molecule has 0 aliphatic rings. The molecule has 0 saturated heterocycles. The van der Waals surface area contributed by atoms with Gasteiger partial charge >= 0.3 is 0 Å². The third kappa shape index (κ3) is 3.64. The molecule has 0 aliphatic carbocycles. The summed E-state index contributed by atoms with van der Waals surface area (Å²) in [5.74, 6) is 0. The van der Waals surface area contributed by atoms with E-state index >= 15 is 0 Å². The summed E-state index contributed by atoms with van der Waals surface area (Å²) in [7, 11) is 0. The van der Waals surface area contributed by atoms with E-state index in [4.69, 9.17) is 0 Å². The van der Waals surface area contributed by atoms with Gasteiger partial charge in [-0.2, -0.15) is 0 Å². The van der Waals surface area contributed by atoms with E-state index in [-0.39, 0.29) is 0 Å². The minimum Gasteiger partial charge on any atom is -0.310 e. The number of nitrogens with one attached hydrogen (secondary N) is 1. The van der Waals surface area contributed by atoms with Gasteiger partial charge < -0.3 is 5.32 Å². The van der Waals surface area contributed by atoms with Crippen LogP contribution in [-0.4, -0.2) is 21.0 Å². The Balaban J connectivity index is 2.11. The first-order chi connectivity index (χ1) is 9.20. The molecule has 1 heterocycles. The number of hydrogen-bond acceptors (Lipinski definition) is 3. The van der Waals surface area contributed by atoms with Gasteiger partial charge in [0.25, 0.3) is 0 Å². The molecule has 0 saturated carbocycles. The average Bonchev–Trinajstić information content (AvgIpc) is 2.86. The van der Waals surface area contributed by atoms with E-state index in [1.54, 1.807) is 0 Å². The maximum absolute atomic E-state index is 4.12. The van der Waals surface area contributed by atoms with Gasteiger partial charge in [0.1, 0.15) is 0 Å². The molecule has 0 spiro atoms. The lowest BCUT2D eigenvalue weighted by Gasteiger charge is -2.09. The molecule has 0 fully saturated rings. The summed E-state index contributed by atoms with van der Waals surface area (Å²) >= 11 is 0. The van der Waals surface area contributed by atoms with E-state index in [2.05, 4.69) is 60.7 Å². The summed E-state index contributed by atoms with van der Waals surface area (Å²) in [6.07, 6.45) is 2.89. The second-order valence-electron chi connectivity index (χ2n) is 5.07. The predicted molar refractivity (Wildman–Crippen MR) is 77.7 cm³/mol. The molecule has 0 unspecified atom stereocenters. The highest BCUT2D eigenvalue weighted by atomic mass is 15.4. The van der Waals surface area contributed by atoms with Crippen LogP contribution in [0.5, 0.6) is 0 Å². The molecular weight excluding hydrogens is 236 g/mol. The third-order valence-electron chi connectivity index (χ3n) is 3.02. The highest BCUT2D eigenvalue weighted by Gasteiger charge is 2.05. The van der Waals surface area contributed by atoms with Crippen LogP contribution in [0.25, 0.3) is 11.3 Å². The van der Waals surface area contributed by atoms with Crippen molar-refractivity contribution in [1.82, 2.24) is 20.3 Å². The smallest absolute Gasteiger partial charge is 0.0885 e. The minimum atomic E-state index is 0.509. The van der Waals surface area contributed by atoms with Crippen molar-refractivity contribution in [3.05, 3.63) is 36.0 Å². The lowest BCUT2D eigenvalue weighted by atomic mass is 10.1. The van der Waals surface area contributed by atoms with Crippen LogP contribution in [0.15, 0.2) is 30.5 Å². The molecule has 0 bridgehead atoms. The zero-order chi connectivity index (χ0) is 13.7. The number of nitrogens with zero attached hydrogens (tertiary/aromatic N) is 3. The van der Waals surface area contributed by atoms with Crippen LogP contribution in [0.1, 0.15) is 32.8 Å². The van der Waals surface area contributed by atoms with Gasteiger partial charge in [-0.1, -0.05) is 50.3 Å². The Bertz CT molecular complexity index is 499. The van der Waals surface area contributed by atoms with Crippen molar-refractivity contribution < 1.29 is 0 Å². The maximum atomic E-state index is 4.12. The van der Waals surface area contributed by atoms with Gasteiger partial charge in [-0.15, -0.1) is 5.10 Å². The Hall–Kier alpha value is -1.68. The normalized spacial score (nSPS) is 11.2. The zero-order valence-corrected chi connectivity index (χ0v) is 11.9. The predicted octanol–water partition coefficient (Wildman–Crippen LogP) is 2.85. The van der Waals surface area contributed by atoms with Crippen LogP contribution in [-0.2, 0) is 13.1 Å². The molecule has 4 heteroatoms. The molecule has 0 radical (unpaired) electrons. The van der Waals surface area contributed by atoms with E-state index < -0.39 is 0 Å². The van der Waals surface area contributed by atoms with Crippen LogP contribution < -0.4 is 5.32 Å². The van der Waals surface area contributed by atoms with Gasteiger partial charge in [0.05, 0.1) is 11.9 Å². The third-order valence-corrected chi connectivity index (χ3v) is 3.02. The first kappa shape index (κ1) is 13.7. The van der Waals surface area contributed by atoms with Crippen LogP contribution in [0.2, 0.25) is 0 Å². The zero-order valence-electron chi connectivity index (χ0n) is 11.9. The Labute approximate surface area is 114 Å². The number of aromatic nitrogens is 3. The fourth-order valence-corrected chi connectivity index (χ4v) is 1.97. The van der Waals surface area contributed by atoms with Gasteiger partial charge in [-0.05, 0) is 12.0 Å². The lowest BCUT2D eigenvalue weighted by Crippen LogP contribution is -2.21. The molecule has 19 heavy (non-hydrogen) atoms. The van der Waals surface area contributed by atoms with Gasteiger partial charge in [-0.3, -0.25) is 0 Å². The molecule has 1 aromatic heterocycles. The summed E-state index contributed by atoms with van der Waals surface area (Å²) in [6.45, 7) is 8.27. The van der Waals surface area contributed by atoms with E-state index in [9.17, 15) is 0 Å². The highest BCUT2D eigenvalue weighted by molar-refractivity contribution is 5.58. The molecule has 4 nitrogen and oxygen atoms in total. The second kappa shape index (κ2) is 6.48. The van der Waals surface area contributed by atoms with Crippen molar-refractivity contribution in [3.8, 4) is 11.3 Å². The van der Waals surface area contributed by atoms with Crippen molar-refractivity contribution in [2.24, 2.45) is 0 Å². The van der Waals surface area contributed by atoms with Crippen LogP contribution in [0.3, 0.4) is 0 Å². The van der Waals surface area contributed by atoms with E-state index in [1.807, 2.05) is 10.9 Å². The average molecular weight is 258 g/mol. The maximum Gasteiger partial charge on any atom is 0.0885 e. The molecule has 102 valence electrons. The Kier molecular flexibility index (Phi) is 4.68. The molecule has 1 aromatic carbocycles. The van der Waals surface area contributed by atoms with Crippen molar-refractivity contribution in [2.45, 2.75) is 46.3 Å². The molecule has 0 amide bonds. The van der Waals surface area contributed by atoms with Gasteiger partial charge in [0, 0.05) is 24.7 Å². The van der Waals surface area contributed by atoms with Crippen molar-refractivity contribution in [1.29, 1.82) is 0 Å². The van der Waals surface area contributed by atoms with Crippen LogP contribution in [0, 0.1) is 0 Å². The topological polar surface area (TPSA) is 42.7 Å². The monoisotopic (exact) mass is 258 g/mol. The molecule has 2 aromatic rings. The summed E-state index contributed by atoms with van der Waals surface area (Å²) in [6, 6.07) is 9.11. The quantitative estimate of drug-likeness (QED) is 0.866. The minimum absolute atomic E-state index is 0.509.